The summed E-state index contributed by atoms with van der Waals surface area (Å²) in [7, 11) is 3.71. The number of nitrogens with zero attached hydrogens (tertiary/aromatic N) is 1. The van der Waals surface area contributed by atoms with E-state index in [-0.39, 0.29) is 6.10 Å². The Kier molecular flexibility index (Phi) is 4.20. The predicted octanol–water partition coefficient (Wildman–Crippen LogP) is 1.98. The average Bonchev–Trinajstić information content (AvgIpc) is 2.41. The molecule has 1 heterocycles. The maximum atomic E-state index is 10.7. The van der Waals surface area contributed by atoms with Crippen LogP contribution in [0.25, 0.3) is 0 Å². The van der Waals surface area contributed by atoms with Crippen molar-refractivity contribution >= 4 is 6.29 Å². The van der Waals surface area contributed by atoms with Gasteiger partial charge in [-0.15, -0.1) is 0 Å². The molecular weight excluding hydrogens is 230 g/mol. The summed E-state index contributed by atoms with van der Waals surface area (Å²) in [4.78, 5) is 13.0. The van der Waals surface area contributed by atoms with Gasteiger partial charge in [0.05, 0.1) is 7.11 Å². The molecule has 0 N–H and O–H groups in total. The van der Waals surface area contributed by atoms with Crippen LogP contribution < -0.4 is 9.47 Å². The van der Waals surface area contributed by atoms with Gasteiger partial charge in [0.15, 0.2) is 11.5 Å². The molecule has 1 aliphatic rings. The number of likely N-dealkylation sites (tertiary alicyclic amines) is 1. The number of hydrogen-bond acceptors (Lipinski definition) is 4. The quantitative estimate of drug-likeness (QED) is 0.765. The van der Waals surface area contributed by atoms with Gasteiger partial charge in [-0.05, 0) is 38.1 Å². The van der Waals surface area contributed by atoms with Gasteiger partial charge in [0, 0.05) is 18.7 Å². The summed E-state index contributed by atoms with van der Waals surface area (Å²) in [5.41, 5.74) is 0.600. The maximum absolute atomic E-state index is 10.7. The van der Waals surface area contributed by atoms with Crippen molar-refractivity contribution < 1.29 is 14.3 Å². The van der Waals surface area contributed by atoms with Crippen LogP contribution in [0.2, 0.25) is 0 Å². The molecular formula is C14H19NO3. The van der Waals surface area contributed by atoms with E-state index in [1.807, 2.05) is 0 Å². The van der Waals surface area contributed by atoms with Gasteiger partial charge in [-0.25, -0.2) is 0 Å². The lowest BCUT2D eigenvalue weighted by Gasteiger charge is -2.29. The van der Waals surface area contributed by atoms with Gasteiger partial charge < -0.3 is 14.4 Å². The molecule has 98 valence electrons. The summed E-state index contributed by atoms with van der Waals surface area (Å²) < 4.78 is 11.2. The highest BCUT2D eigenvalue weighted by Crippen LogP contribution is 2.30. The third-order valence-corrected chi connectivity index (χ3v) is 3.28. The first-order chi connectivity index (χ1) is 8.72. The number of carbonyl (C=O) groups is 1. The Labute approximate surface area is 107 Å². The van der Waals surface area contributed by atoms with Gasteiger partial charge in [0.25, 0.3) is 0 Å². The van der Waals surface area contributed by atoms with Crippen LogP contribution in [-0.2, 0) is 0 Å². The first kappa shape index (κ1) is 12.9. The summed E-state index contributed by atoms with van der Waals surface area (Å²) in [5.74, 6) is 1.34. The summed E-state index contributed by atoms with van der Waals surface area (Å²) in [6, 6.07) is 5.26. The van der Waals surface area contributed by atoms with Crippen LogP contribution in [-0.4, -0.2) is 44.5 Å². The molecule has 0 atom stereocenters. The highest BCUT2D eigenvalue weighted by Gasteiger charge is 2.19. The van der Waals surface area contributed by atoms with E-state index in [1.54, 1.807) is 25.3 Å². The molecule has 1 aromatic carbocycles. The number of rotatable bonds is 4. The standard InChI is InChI=1S/C14H19NO3/c1-15-7-5-12(6-8-15)18-13-4-3-11(10-16)9-14(13)17-2/h3-4,9-10,12H,5-8H2,1-2H3. The van der Waals surface area contributed by atoms with Crippen LogP contribution in [0.4, 0.5) is 0 Å². The fourth-order valence-electron chi connectivity index (χ4n) is 2.14. The van der Waals surface area contributed by atoms with Gasteiger partial charge in [0.1, 0.15) is 12.4 Å². The fourth-order valence-corrected chi connectivity index (χ4v) is 2.14. The zero-order valence-corrected chi connectivity index (χ0v) is 10.9. The number of hydrogen-bond donors (Lipinski definition) is 0. The van der Waals surface area contributed by atoms with Gasteiger partial charge >= 0.3 is 0 Å². The van der Waals surface area contributed by atoms with E-state index >= 15 is 0 Å². The molecule has 2 rings (SSSR count). The van der Waals surface area contributed by atoms with Crippen molar-refractivity contribution in [2.75, 3.05) is 27.2 Å². The first-order valence-corrected chi connectivity index (χ1v) is 6.21. The molecule has 18 heavy (non-hydrogen) atoms. The monoisotopic (exact) mass is 249 g/mol. The zero-order valence-electron chi connectivity index (χ0n) is 10.9. The molecule has 0 radical (unpaired) electrons. The fraction of sp³-hybridized carbons (Fsp3) is 0.500. The van der Waals surface area contributed by atoms with Crippen molar-refractivity contribution in [2.45, 2.75) is 18.9 Å². The van der Waals surface area contributed by atoms with Crippen molar-refractivity contribution in [3.63, 3.8) is 0 Å². The highest BCUT2D eigenvalue weighted by molar-refractivity contribution is 5.76. The van der Waals surface area contributed by atoms with E-state index in [2.05, 4.69) is 11.9 Å². The minimum Gasteiger partial charge on any atom is -0.493 e. The smallest absolute Gasteiger partial charge is 0.161 e. The van der Waals surface area contributed by atoms with Crippen molar-refractivity contribution in [3.8, 4) is 11.5 Å². The van der Waals surface area contributed by atoms with Crippen LogP contribution >= 0.6 is 0 Å². The second-order valence-corrected chi connectivity index (χ2v) is 4.65. The van der Waals surface area contributed by atoms with Gasteiger partial charge in [-0.3, -0.25) is 4.79 Å². The molecule has 0 aliphatic carbocycles. The number of aldehydes is 1. The Bertz CT molecular complexity index is 412. The summed E-state index contributed by atoms with van der Waals surface area (Å²) in [5, 5.41) is 0. The minimum absolute atomic E-state index is 0.234. The normalized spacial score (nSPS) is 17.4. The minimum atomic E-state index is 0.234. The van der Waals surface area contributed by atoms with E-state index in [0.717, 1.165) is 38.0 Å². The second kappa shape index (κ2) is 5.87. The second-order valence-electron chi connectivity index (χ2n) is 4.65. The summed E-state index contributed by atoms with van der Waals surface area (Å²) in [6.45, 7) is 2.11. The lowest BCUT2D eigenvalue weighted by Crippen LogP contribution is -2.35. The molecule has 0 amide bonds. The van der Waals surface area contributed by atoms with Crippen LogP contribution in [0.15, 0.2) is 18.2 Å². The van der Waals surface area contributed by atoms with Gasteiger partial charge in [-0.1, -0.05) is 0 Å². The highest BCUT2D eigenvalue weighted by atomic mass is 16.5. The SMILES string of the molecule is COc1cc(C=O)ccc1OC1CCN(C)CC1. The van der Waals surface area contributed by atoms with Crippen molar-refractivity contribution in [2.24, 2.45) is 0 Å². The number of carbonyl (C=O) groups excluding carboxylic acids is 1. The molecule has 1 aromatic rings. The Hall–Kier alpha value is -1.55. The van der Waals surface area contributed by atoms with E-state index in [9.17, 15) is 4.79 Å². The summed E-state index contributed by atoms with van der Waals surface area (Å²) in [6.07, 6.45) is 3.09. The van der Waals surface area contributed by atoms with Crippen molar-refractivity contribution in [1.82, 2.24) is 4.90 Å². The maximum Gasteiger partial charge on any atom is 0.161 e. The van der Waals surface area contributed by atoms with Crippen molar-refractivity contribution in [3.05, 3.63) is 23.8 Å². The molecule has 0 aromatic heterocycles. The Balaban J connectivity index is 2.06. The third-order valence-electron chi connectivity index (χ3n) is 3.28. The first-order valence-electron chi connectivity index (χ1n) is 6.21. The van der Waals surface area contributed by atoms with Crippen LogP contribution in [0, 0.1) is 0 Å². The Morgan fingerprint density at radius 1 is 1.28 bits per heavy atom. The number of methoxy groups -OCH3 is 1. The molecule has 4 nitrogen and oxygen atoms in total. The molecule has 0 unspecified atom stereocenters. The lowest BCUT2D eigenvalue weighted by atomic mass is 10.1. The molecule has 1 saturated heterocycles. The largest absolute Gasteiger partial charge is 0.493 e. The number of benzene rings is 1. The number of ether oxygens (including phenoxy) is 2. The van der Waals surface area contributed by atoms with Gasteiger partial charge in [-0.2, -0.15) is 0 Å². The molecule has 1 aliphatic heterocycles. The predicted molar refractivity (Wildman–Crippen MR) is 69.5 cm³/mol. The van der Waals surface area contributed by atoms with Crippen molar-refractivity contribution in [1.29, 1.82) is 0 Å². The van der Waals surface area contributed by atoms with E-state index in [0.29, 0.717) is 11.3 Å². The third kappa shape index (κ3) is 3.01. The molecule has 0 saturated carbocycles. The lowest BCUT2D eigenvalue weighted by molar-refractivity contribution is 0.110. The van der Waals surface area contributed by atoms with Gasteiger partial charge in [0.2, 0.25) is 0 Å². The van der Waals surface area contributed by atoms with Crippen LogP contribution in [0.3, 0.4) is 0 Å². The van der Waals surface area contributed by atoms with Crippen LogP contribution in [0.5, 0.6) is 11.5 Å². The molecule has 0 spiro atoms. The average molecular weight is 249 g/mol. The Morgan fingerprint density at radius 3 is 2.61 bits per heavy atom. The Morgan fingerprint density at radius 2 is 2.00 bits per heavy atom. The topological polar surface area (TPSA) is 38.8 Å². The molecule has 1 fully saturated rings. The zero-order chi connectivity index (χ0) is 13.0. The molecule has 4 heteroatoms. The molecule has 0 bridgehead atoms. The van der Waals surface area contributed by atoms with E-state index in [4.69, 9.17) is 9.47 Å². The number of piperidine rings is 1. The van der Waals surface area contributed by atoms with E-state index in [1.165, 1.54) is 0 Å². The van der Waals surface area contributed by atoms with E-state index < -0.39 is 0 Å². The summed E-state index contributed by atoms with van der Waals surface area (Å²) >= 11 is 0. The van der Waals surface area contributed by atoms with Crippen LogP contribution in [0.1, 0.15) is 23.2 Å².